The van der Waals surface area contributed by atoms with E-state index in [1.54, 1.807) is 0 Å². The van der Waals surface area contributed by atoms with Crippen LogP contribution in [-0.2, 0) is 11.2 Å². The van der Waals surface area contributed by atoms with E-state index in [0.717, 1.165) is 27.4 Å². The molecule has 2 nitrogen and oxygen atoms in total. The van der Waals surface area contributed by atoms with Gasteiger partial charge in [-0.25, -0.2) is 8.78 Å². The third kappa shape index (κ3) is 4.13. The molecule has 1 amide bonds. The lowest BCUT2D eigenvalue weighted by atomic mass is 10.1. The van der Waals surface area contributed by atoms with Crippen molar-refractivity contribution in [3.8, 4) is 0 Å². The Bertz CT molecular complexity index is 693. The molecule has 2 aromatic rings. The maximum absolute atomic E-state index is 13.5. The number of benzene rings is 2. The van der Waals surface area contributed by atoms with Gasteiger partial charge in [-0.3, -0.25) is 4.79 Å². The molecule has 0 aliphatic carbocycles. The normalized spacial score (nSPS) is 10.6. The number of anilines is 1. The van der Waals surface area contributed by atoms with Gasteiger partial charge < -0.3 is 5.32 Å². The van der Waals surface area contributed by atoms with E-state index in [9.17, 15) is 13.6 Å². The van der Waals surface area contributed by atoms with E-state index in [1.807, 2.05) is 26.0 Å². The summed E-state index contributed by atoms with van der Waals surface area (Å²) in [5, 5.41) is 2.85. The molecule has 0 fully saturated rings. The first-order valence-electron chi connectivity index (χ1n) is 6.87. The molecule has 0 aliphatic rings. The zero-order valence-electron chi connectivity index (χ0n) is 12.3. The molecule has 0 aromatic heterocycles. The minimum atomic E-state index is -0.621. The highest BCUT2D eigenvalue weighted by molar-refractivity contribution is 9.10. The van der Waals surface area contributed by atoms with Crippen molar-refractivity contribution in [2.75, 3.05) is 5.32 Å². The van der Waals surface area contributed by atoms with Crippen LogP contribution in [0.3, 0.4) is 0 Å². The van der Waals surface area contributed by atoms with Crippen molar-refractivity contribution in [3.05, 3.63) is 63.1 Å². The van der Waals surface area contributed by atoms with Crippen molar-refractivity contribution in [3.63, 3.8) is 0 Å². The van der Waals surface area contributed by atoms with Gasteiger partial charge in [-0.05, 0) is 55.2 Å². The molecule has 0 heterocycles. The van der Waals surface area contributed by atoms with Crippen molar-refractivity contribution in [1.82, 2.24) is 0 Å². The number of aryl methyl sites for hydroxylation is 3. The summed E-state index contributed by atoms with van der Waals surface area (Å²) in [6.07, 6.45) is 0.365. The summed E-state index contributed by atoms with van der Waals surface area (Å²) in [6, 6.07) is 7.23. The highest BCUT2D eigenvalue weighted by atomic mass is 79.9. The van der Waals surface area contributed by atoms with E-state index in [-0.39, 0.29) is 18.7 Å². The molecular weight excluding hydrogens is 352 g/mol. The monoisotopic (exact) mass is 367 g/mol. The second kappa shape index (κ2) is 7.01. The maximum Gasteiger partial charge on any atom is 0.224 e. The average molecular weight is 368 g/mol. The Labute approximate surface area is 136 Å². The van der Waals surface area contributed by atoms with E-state index in [0.29, 0.717) is 5.56 Å². The summed E-state index contributed by atoms with van der Waals surface area (Å²) in [4.78, 5) is 12.0. The second-order valence-electron chi connectivity index (χ2n) is 5.20. The Morgan fingerprint density at radius 2 is 1.77 bits per heavy atom. The Balaban J connectivity index is 2.02. The molecule has 2 aromatic carbocycles. The molecule has 0 aliphatic heterocycles. The Morgan fingerprint density at radius 3 is 2.36 bits per heavy atom. The summed E-state index contributed by atoms with van der Waals surface area (Å²) < 4.78 is 27.3. The first-order chi connectivity index (χ1) is 10.4. The summed E-state index contributed by atoms with van der Waals surface area (Å²) in [7, 11) is 0. The van der Waals surface area contributed by atoms with E-state index in [1.165, 1.54) is 12.1 Å². The van der Waals surface area contributed by atoms with Crippen LogP contribution in [0.2, 0.25) is 0 Å². The zero-order valence-corrected chi connectivity index (χ0v) is 13.9. The van der Waals surface area contributed by atoms with Crippen molar-refractivity contribution in [2.24, 2.45) is 0 Å². The first-order valence-corrected chi connectivity index (χ1v) is 7.66. The van der Waals surface area contributed by atoms with Gasteiger partial charge in [-0.1, -0.05) is 22.0 Å². The van der Waals surface area contributed by atoms with E-state index in [4.69, 9.17) is 0 Å². The fraction of sp³-hybridized carbons (Fsp3) is 0.235. The van der Waals surface area contributed by atoms with Crippen molar-refractivity contribution >= 4 is 27.5 Å². The van der Waals surface area contributed by atoms with Crippen molar-refractivity contribution in [1.29, 1.82) is 0 Å². The van der Waals surface area contributed by atoms with Crippen molar-refractivity contribution < 1.29 is 13.6 Å². The van der Waals surface area contributed by atoms with Gasteiger partial charge in [-0.15, -0.1) is 0 Å². The molecule has 0 radical (unpaired) electrons. The summed E-state index contributed by atoms with van der Waals surface area (Å²) in [5.41, 5.74) is 3.01. The van der Waals surface area contributed by atoms with Gasteiger partial charge >= 0.3 is 0 Å². The molecule has 0 saturated carbocycles. The Morgan fingerprint density at radius 1 is 1.14 bits per heavy atom. The Hall–Kier alpha value is -1.75. The van der Waals surface area contributed by atoms with Gasteiger partial charge in [0.25, 0.3) is 0 Å². The van der Waals surface area contributed by atoms with Crippen LogP contribution in [0.25, 0.3) is 0 Å². The number of halogens is 3. The number of hydrogen-bond acceptors (Lipinski definition) is 1. The van der Waals surface area contributed by atoms with Gasteiger partial charge in [0.2, 0.25) is 5.91 Å². The van der Waals surface area contributed by atoms with Crippen LogP contribution in [0.1, 0.15) is 23.1 Å². The zero-order chi connectivity index (χ0) is 16.3. The van der Waals surface area contributed by atoms with Crippen LogP contribution in [0, 0.1) is 25.5 Å². The Kier molecular flexibility index (Phi) is 5.29. The third-order valence-corrected chi connectivity index (χ3v) is 3.86. The van der Waals surface area contributed by atoms with Crippen LogP contribution in [0.4, 0.5) is 14.5 Å². The van der Waals surface area contributed by atoms with Crippen LogP contribution in [0.5, 0.6) is 0 Å². The fourth-order valence-corrected chi connectivity index (χ4v) is 2.97. The fourth-order valence-electron chi connectivity index (χ4n) is 2.28. The average Bonchev–Trinajstić information content (AvgIpc) is 2.42. The number of nitrogens with one attached hydrogen (secondary N) is 1. The molecular formula is C17H16BrF2NO. The first kappa shape index (κ1) is 16.6. The molecule has 2 rings (SSSR count). The molecule has 0 bridgehead atoms. The lowest BCUT2D eigenvalue weighted by molar-refractivity contribution is -0.116. The van der Waals surface area contributed by atoms with Crippen LogP contribution >= 0.6 is 15.9 Å². The lowest BCUT2D eigenvalue weighted by Gasteiger charge is -2.12. The predicted molar refractivity (Wildman–Crippen MR) is 86.9 cm³/mol. The van der Waals surface area contributed by atoms with Crippen LogP contribution < -0.4 is 5.32 Å². The smallest absolute Gasteiger partial charge is 0.224 e. The standard InChI is InChI=1S/C17H16BrF2NO/c1-10-7-13(18)8-11(2)17(10)21-16(22)6-4-12-3-5-14(19)9-15(12)20/h3,5,7-9H,4,6H2,1-2H3,(H,21,22). The largest absolute Gasteiger partial charge is 0.326 e. The topological polar surface area (TPSA) is 29.1 Å². The number of carbonyl (C=O) groups is 1. The SMILES string of the molecule is Cc1cc(Br)cc(C)c1NC(=O)CCc1ccc(F)cc1F. The second-order valence-corrected chi connectivity index (χ2v) is 6.11. The molecule has 0 saturated heterocycles. The number of carbonyl (C=O) groups excluding carboxylic acids is 1. The van der Waals surface area contributed by atoms with Crippen LogP contribution in [-0.4, -0.2) is 5.91 Å². The quantitative estimate of drug-likeness (QED) is 0.816. The van der Waals surface area contributed by atoms with E-state index in [2.05, 4.69) is 21.2 Å². The summed E-state index contributed by atoms with van der Waals surface area (Å²) in [6.45, 7) is 3.82. The molecule has 116 valence electrons. The summed E-state index contributed by atoms with van der Waals surface area (Å²) in [5.74, 6) is -1.44. The lowest BCUT2D eigenvalue weighted by Crippen LogP contribution is -2.14. The third-order valence-electron chi connectivity index (χ3n) is 3.40. The molecule has 5 heteroatoms. The van der Waals surface area contributed by atoms with Gasteiger partial charge in [0, 0.05) is 22.6 Å². The maximum atomic E-state index is 13.5. The molecule has 22 heavy (non-hydrogen) atoms. The number of rotatable bonds is 4. The van der Waals surface area contributed by atoms with Crippen LogP contribution in [0.15, 0.2) is 34.8 Å². The molecule has 0 spiro atoms. The summed E-state index contributed by atoms with van der Waals surface area (Å²) >= 11 is 3.40. The van der Waals surface area contributed by atoms with Crippen molar-refractivity contribution in [2.45, 2.75) is 26.7 Å². The van der Waals surface area contributed by atoms with Gasteiger partial charge in [0.1, 0.15) is 11.6 Å². The highest BCUT2D eigenvalue weighted by Gasteiger charge is 2.10. The van der Waals surface area contributed by atoms with Gasteiger partial charge in [0.05, 0.1) is 0 Å². The number of hydrogen-bond donors (Lipinski definition) is 1. The number of amides is 1. The molecule has 0 atom stereocenters. The molecule has 1 N–H and O–H groups in total. The highest BCUT2D eigenvalue weighted by Crippen LogP contribution is 2.25. The van der Waals surface area contributed by atoms with E-state index >= 15 is 0 Å². The minimum absolute atomic E-state index is 0.136. The van der Waals surface area contributed by atoms with Gasteiger partial charge in [0.15, 0.2) is 0 Å². The van der Waals surface area contributed by atoms with E-state index < -0.39 is 11.6 Å². The predicted octanol–water partition coefficient (Wildman–Crippen LogP) is 4.92. The van der Waals surface area contributed by atoms with Gasteiger partial charge in [-0.2, -0.15) is 0 Å². The minimum Gasteiger partial charge on any atom is -0.326 e. The molecule has 0 unspecified atom stereocenters.